The highest BCUT2D eigenvalue weighted by Crippen LogP contribution is 2.35. The van der Waals surface area contributed by atoms with E-state index in [2.05, 4.69) is 58.6 Å². The molecule has 1 amide bonds. The predicted octanol–water partition coefficient (Wildman–Crippen LogP) is 1.78. The number of piperazine rings is 1. The third-order valence-electron chi connectivity index (χ3n) is 8.19. The van der Waals surface area contributed by atoms with Crippen LogP contribution >= 0.6 is 11.3 Å². The van der Waals surface area contributed by atoms with Gasteiger partial charge in [-0.05, 0) is 66.2 Å². The summed E-state index contributed by atoms with van der Waals surface area (Å²) in [6, 6.07) is 18.7. The number of carbonyl (C=O) groups is 1. The summed E-state index contributed by atoms with van der Waals surface area (Å²) in [5.41, 5.74) is 2.69. The maximum Gasteiger partial charge on any atom is 0.262 e. The van der Waals surface area contributed by atoms with E-state index in [0.717, 1.165) is 46.9 Å². The summed E-state index contributed by atoms with van der Waals surface area (Å²) in [7, 11) is 2.15. The number of aliphatic hydroxyl groups is 4. The number of rotatable bonds is 7. The number of hydrogen-bond acceptors (Lipinski definition) is 10. The van der Waals surface area contributed by atoms with E-state index < -0.39 is 43.0 Å². The molecule has 2 unspecified atom stereocenters. The molecule has 2 aromatic carbocycles. The van der Waals surface area contributed by atoms with E-state index in [1.165, 1.54) is 22.4 Å². The largest absolute Gasteiger partial charge is 0.394 e. The molecule has 11 heteroatoms. The van der Waals surface area contributed by atoms with Crippen LogP contribution in [0, 0.1) is 17.2 Å². The molecule has 5 atom stereocenters. The molecule has 222 valence electrons. The summed E-state index contributed by atoms with van der Waals surface area (Å²) in [5.74, 6) is -1.70. The molecular weight excluding hydrogens is 556 g/mol. The highest BCUT2D eigenvalue weighted by molar-refractivity contribution is 7.16. The van der Waals surface area contributed by atoms with Crippen LogP contribution in [0.2, 0.25) is 0 Å². The van der Waals surface area contributed by atoms with Gasteiger partial charge in [-0.25, -0.2) is 0 Å². The first-order valence-corrected chi connectivity index (χ1v) is 14.8. The number of amides is 1. The smallest absolute Gasteiger partial charge is 0.262 e. The molecule has 0 aliphatic carbocycles. The minimum Gasteiger partial charge on any atom is -0.394 e. The van der Waals surface area contributed by atoms with Crippen LogP contribution < -0.4 is 10.2 Å². The van der Waals surface area contributed by atoms with Crippen LogP contribution in [-0.2, 0) is 9.53 Å². The molecule has 3 heterocycles. The Morgan fingerprint density at radius 1 is 1.05 bits per heavy atom. The lowest BCUT2D eigenvalue weighted by Gasteiger charge is -2.40. The van der Waals surface area contributed by atoms with Crippen molar-refractivity contribution in [3.63, 3.8) is 0 Å². The molecule has 0 saturated carbocycles. The summed E-state index contributed by atoms with van der Waals surface area (Å²) in [6.07, 6.45) is -5.49. The molecule has 0 spiro atoms. The lowest BCUT2D eigenvalue weighted by Crippen LogP contribution is -2.58. The lowest BCUT2D eigenvalue weighted by atomic mass is 9.91. The molecule has 2 aliphatic heterocycles. The van der Waals surface area contributed by atoms with Crippen molar-refractivity contribution < 1.29 is 30.0 Å². The number of nitrogens with one attached hydrogen (secondary N) is 1. The van der Waals surface area contributed by atoms with E-state index >= 15 is 0 Å². The fourth-order valence-electron chi connectivity index (χ4n) is 5.44. The van der Waals surface area contributed by atoms with Crippen molar-refractivity contribution in [2.45, 2.75) is 31.5 Å². The first-order chi connectivity index (χ1) is 20.2. The van der Waals surface area contributed by atoms with Crippen molar-refractivity contribution >= 4 is 39.3 Å². The van der Waals surface area contributed by atoms with Gasteiger partial charge in [-0.1, -0.05) is 18.2 Å². The van der Waals surface area contributed by atoms with Crippen LogP contribution in [0.4, 0.5) is 5.69 Å². The summed E-state index contributed by atoms with van der Waals surface area (Å²) >= 11 is 1.48. The van der Waals surface area contributed by atoms with E-state index in [-0.39, 0.29) is 12.1 Å². The molecule has 42 heavy (non-hydrogen) atoms. The van der Waals surface area contributed by atoms with Crippen molar-refractivity contribution in [1.82, 2.24) is 10.2 Å². The zero-order chi connectivity index (χ0) is 30.0. The first kappa shape index (κ1) is 30.1. The Morgan fingerprint density at radius 3 is 2.48 bits per heavy atom. The summed E-state index contributed by atoms with van der Waals surface area (Å²) in [5, 5.41) is 54.5. The standard InChI is InChI=1S/C31H36N4O6S/c1-18(23(15-32)30(39)33-16-24-28(37)29(38)25(17-36)41-31(24)40)26-7-8-27(42-26)21-4-3-20-14-22(6-5-19(20)13-21)35-11-9-34(2)10-12-35/h3-8,13-14,24-25,28-29,31,36-38,40H,9-12,16-17H2,1-2H3,(H,33,39)/b23-18+/t24?,25-,28-,29-,31?/m1/s1. The van der Waals surface area contributed by atoms with Gasteiger partial charge in [-0.3, -0.25) is 4.79 Å². The maximum atomic E-state index is 12.9. The number of anilines is 1. The Labute approximate surface area is 248 Å². The molecular formula is C31H36N4O6S. The number of nitrogens with zero attached hydrogens (tertiary/aromatic N) is 3. The first-order valence-electron chi connectivity index (χ1n) is 14.0. The van der Waals surface area contributed by atoms with Crippen LogP contribution in [0.5, 0.6) is 0 Å². The fourth-order valence-corrected chi connectivity index (χ4v) is 6.45. The second-order valence-electron chi connectivity index (χ2n) is 10.9. The second-order valence-corrected chi connectivity index (χ2v) is 12.0. The second kappa shape index (κ2) is 12.9. The van der Waals surface area contributed by atoms with Crippen molar-refractivity contribution in [2.24, 2.45) is 5.92 Å². The van der Waals surface area contributed by atoms with Crippen molar-refractivity contribution in [2.75, 3.05) is 51.3 Å². The summed E-state index contributed by atoms with van der Waals surface area (Å²) in [4.78, 5) is 19.5. The van der Waals surface area contributed by atoms with Gasteiger partial charge in [0.2, 0.25) is 0 Å². The highest BCUT2D eigenvalue weighted by atomic mass is 32.1. The van der Waals surface area contributed by atoms with Gasteiger partial charge in [0.1, 0.15) is 23.9 Å². The van der Waals surface area contributed by atoms with Crippen molar-refractivity contribution in [3.05, 3.63) is 59.0 Å². The van der Waals surface area contributed by atoms with Gasteiger partial charge in [0.25, 0.3) is 5.91 Å². The number of likely N-dealkylation sites (N-methyl/N-ethyl adjacent to an activating group) is 1. The Bertz CT molecular complexity index is 1510. The zero-order valence-electron chi connectivity index (χ0n) is 23.6. The Balaban J connectivity index is 1.29. The zero-order valence-corrected chi connectivity index (χ0v) is 24.4. The Kier molecular flexibility index (Phi) is 9.25. The molecule has 0 bridgehead atoms. The van der Waals surface area contributed by atoms with Crippen LogP contribution in [-0.4, -0.2) is 102 Å². The van der Waals surface area contributed by atoms with E-state index in [9.17, 15) is 30.5 Å². The molecule has 0 radical (unpaired) electrons. The van der Waals surface area contributed by atoms with Crippen LogP contribution in [0.15, 0.2) is 54.1 Å². The number of carbonyl (C=O) groups excluding carboxylic acids is 1. The molecule has 5 rings (SSSR count). The minimum atomic E-state index is -1.50. The molecule has 1 aromatic heterocycles. The number of aliphatic hydroxyl groups excluding tert-OH is 4. The number of fused-ring (bicyclic) bond motifs is 1. The van der Waals surface area contributed by atoms with Gasteiger partial charge in [0.15, 0.2) is 6.29 Å². The number of nitriles is 1. The monoisotopic (exact) mass is 592 g/mol. The molecule has 2 saturated heterocycles. The van der Waals surface area contributed by atoms with Gasteiger partial charge in [0.05, 0.1) is 18.6 Å². The third-order valence-corrected chi connectivity index (χ3v) is 9.45. The number of thiophene rings is 1. The number of benzene rings is 2. The molecule has 5 N–H and O–H groups in total. The fraction of sp³-hybridized carbons (Fsp3) is 0.419. The van der Waals surface area contributed by atoms with Gasteiger partial charge in [0, 0.05) is 48.2 Å². The van der Waals surface area contributed by atoms with Gasteiger partial charge < -0.3 is 40.3 Å². The van der Waals surface area contributed by atoms with Crippen LogP contribution in [0.1, 0.15) is 11.8 Å². The van der Waals surface area contributed by atoms with Crippen molar-refractivity contribution in [1.29, 1.82) is 5.26 Å². The summed E-state index contributed by atoms with van der Waals surface area (Å²) < 4.78 is 5.14. The van der Waals surface area contributed by atoms with Gasteiger partial charge in [-0.2, -0.15) is 5.26 Å². The predicted molar refractivity (Wildman–Crippen MR) is 162 cm³/mol. The third kappa shape index (κ3) is 6.21. The average Bonchev–Trinajstić information content (AvgIpc) is 3.49. The number of hydrogen-bond donors (Lipinski definition) is 5. The Hall–Kier alpha value is -3.34. The molecule has 2 aliphatic rings. The molecule has 10 nitrogen and oxygen atoms in total. The van der Waals surface area contributed by atoms with Crippen LogP contribution in [0.3, 0.4) is 0 Å². The van der Waals surface area contributed by atoms with E-state index in [4.69, 9.17) is 4.74 Å². The maximum absolute atomic E-state index is 12.9. The lowest BCUT2D eigenvalue weighted by molar-refractivity contribution is -0.268. The van der Waals surface area contributed by atoms with E-state index in [1.54, 1.807) is 6.92 Å². The average molecular weight is 593 g/mol. The van der Waals surface area contributed by atoms with Gasteiger partial charge >= 0.3 is 0 Å². The quantitative estimate of drug-likeness (QED) is 0.204. The van der Waals surface area contributed by atoms with Gasteiger partial charge in [-0.15, -0.1) is 11.3 Å². The minimum absolute atomic E-state index is 0.0900. The number of ether oxygens (including phenoxy) is 1. The Morgan fingerprint density at radius 2 is 1.76 bits per heavy atom. The normalized spacial score (nSPS) is 25.6. The number of allylic oxidation sites excluding steroid dienone is 1. The topological polar surface area (TPSA) is 150 Å². The molecule has 3 aromatic rings. The van der Waals surface area contributed by atoms with Crippen molar-refractivity contribution in [3.8, 4) is 16.5 Å². The van der Waals surface area contributed by atoms with Crippen LogP contribution in [0.25, 0.3) is 26.8 Å². The SMILES string of the molecule is C/C(=C(/C#N)C(=O)NCC1C(O)O[C@H](CO)[C@@H](O)[C@@H]1O)c1ccc(-c2ccc3cc(N4CCN(C)CC4)ccc3c2)s1. The molecule has 2 fully saturated rings. The van der Waals surface area contributed by atoms with E-state index in [1.807, 2.05) is 18.2 Å². The van der Waals surface area contributed by atoms with E-state index in [0.29, 0.717) is 5.57 Å². The highest BCUT2D eigenvalue weighted by Gasteiger charge is 2.43. The summed E-state index contributed by atoms with van der Waals surface area (Å²) in [6.45, 7) is 5.03.